The number of ether oxygens (including phenoxy) is 1. The number of halogens is 7. The Kier molecular flexibility index (Phi) is 5.75. The molecule has 8 nitrogen and oxygen atoms in total. The van der Waals surface area contributed by atoms with Crippen molar-refractivity contribution in [1.29, 1.82) is 5.26 Å². The minimum absolute atomic E-state index is 0.00332. The molecule has 0 radical (unpaired) electrons. The van der Waals surface area contributed by atoms with Gasteiger partial charge in [-0.05, 0) is 43.7 Å². The Morgan fingerprint density at radius 3 is 2.25 bits per heavy atom. The molecule has 36 heavy (non-hydrogen) atoms. The molecule has 196 valence electrons. The Labute approximate surface area is 211 Å². The second-order valence-corrected chi connectivity index (χ2v) is 12.0. The highest BCUT2D eigenvalue weighted by Gasteiger charge is 2.65. The number of hydrogen-bond donors (Lipinski definition) is 2. The van der Waals surface area contributed by atoms with Crippen molar-refractivity contribution in [2.24, 2.45) is 11.7 Å². The minimum Gasteiger partial charge on any atom is -0.443 e. The number of nitrogens with zero attached hydrogens (tertiary/aromatic N) is 3. The van der Waals surface area contributed by atoms with Crippen molar-refractivity contribution in [3.8, 4) is 11.8 Å². The van der Waals surface area contributed by atoms with Gasteiger partial charge >= 0.3 is 16.3 Å². The van der Waals surface area contributed by atoms with Gasteiger partial charge < -0.3 is 15.8 Å². The molecule has 0 aliphatic heterocycles. The summed E-state index contributed by atoms with van der Waals surface area (Å²) >= 11 is 11.9. The van der Waals surface area contributed by atoms with Crippen molar-refractivity contribution in [1.82, 2.24) is 15.1 Å². The summed E-state index contributed by atoms with van der Waals surface area (Å²) in [5.41, 5.74) is 3.26. The van der Waals surface area contributed by atoms with Gasteiger partial charge in [0, 0.05) is 12.1 Å². The van der Waals surface area contributed by atoms with Crippen molar-refractivity contribution < 1.29 is 33.8 Å². The zero-order valence-corrected chi connectivity index (χ0v) is 20.5. The third-order valence-corrected chi connectivity index (χ3v) is 7.71. The van der Waals surface area contributed by atoms with Gasteiger partial charge in [-0.1, -0.05) is 42.6 Å². The first-order chi connectivity index (χ1) is 16.5. The zero-order valence-electron chi connectivity index (χ0n) is 18.2. The Morgan fingerprint density at radius 2 is 1.81 bits per heavy atom. The quantitative estimate of drug-likeness (QED) is 0.383. The zero-order chi connectivity index (χ0) is 26.7. The van der Waals surface area contributed by atoms with E-state index in [0.29, 0.717) is 12.5 Å². The van der Waals surface area contributed by atoms with E-state index in [1.165, 1.54) is 0 Å². The fourth-order valence-electron chi connectivity index (χ4n) is 3.80. The van der Waals surface area contributed by atoms with Crippen LogP contribution in [0.2, 0.25) is 10.0 Å². The van der Waals surface area contributed by atoms with Gasteiger partial charge in [-0.2, -0.15) is 10.4 Å². The number of nitriles is 1. The molecule has 0 unspecified atom stereocenters. The monoisotopic (exact) mass is 573 g/mol. The molecule has 2 amide bonds. The fourth-order valence-corrected chi connectivity index (χ4v) is 5.26. The van der Waals surface area contributed by atoms with Gasteiger partial charge in [0.15, 0.2) is 5.69 Å². The number of nitrogens with one attached hydrogen (secondary N) is 1. The van der Waals surface area contributed by atoms with Crippen LogP contribution in [-0.4, -0.2) is 28.3 Å². The number of benzene rings is 1. The number of amides is 2. The first kappa shape index (κ1) is 26.3. The third kappa shape index (κ3) is 5.05. The average molecular weight is 574 g/mol. The van der Waals surface area contributed by atoms with Crippen LogP contribution in [0.3, 0.4) is 0 Å². The standard InChI is InChI=1S/C20H18Cl2F5N5O3S/c21-12-5-11(36(23,24,25,26)27)6-13(22)17(12)32-15(9-35-19(34)30-8-10-1-2-10)16(14(7-28)31-32)20(3-4-20)18(29)33/h5-6,10H,1-4,8-9H2,(H2,29,33)(H,30,34). The number of aromatic nitrogens is 2. The second-order valence-electron chi connectivity index (χ2n) is 8.75. The summed E-state index contributed by atoms with van der Waals surface area (Å²) in [6.45, 7) is -0.237. The van der Waals surface area contributed by atoms with E-state index in [1.807, 2.05) is 0 Å². The lowest BCUT2D eigenvalue weighted by molar-refractivity contribution is -0.120. The SMILES string of the molecule is N#Cc1nn(-c2c(Cl)cc(S(F)(F)(F)(F)F)cc2Cl)c(COC(=O)NCC2CC2)c1C1(C(N)=O)CC1. The molecule has 0 saturated heterocycles. The fraction of sp³-hybridized carbons (Fsp3) is 0.400. The third-order valence-electron chi connectivity index (χ3n) is 6.01. The van der Waals surface area contributed by atoms with Crippen molar-refractivity contribution in [2.75, 3.05) is 6.54 Å². The maximum Gasteiger partial charge on any atom is 0.407 e. The van der Waals surface area contributed by atoms with E-state index < -0.39 is 54.9 Å². The number of hydrogen-bond acceptors (Lipinski definition) is 5. The highest BCUT2D eigenvalue weighted by atomic mass is 35.5. The highest BCUT2D eigenvalue weighted by Crippen LogP contribution is 3.02. The summed E-state index contributed by atoms with van der Waals surface area (Å²) in [6, 6.07) is 1.76. The maximum atomic E-state index is 13.3. The van der Waals surface area contributed by atoms with Gasteiger partial charge in [-0.25, -0.2) is 9.48 Å². The number of carbonyl (C=O) groups is 2. The molecule has 0 spiro atoms. The van der Waals surface area contributed by atoms with Crippen LogP contribution in [0.25, 0.3) is 5.69 Å². The molecular weight excluding hydrogens is 556 g/mol. The minimum atomic E-state index is -10.1. The van der Waals surface area contributed by atoms with E-state index in [2.05, 4.69) is 10.4 Å². The summed E-state index contributed by atoms with van der Waals surface area (Å²) in [7, 11) is -10.1. The van der Waals surface area contributed by atoms with Crippen molar-refractivity contribution in [2.45, 2.75) is 42.6 Å². The van der Waals surface area contributed by atoms with Gasteiger partial charge in [0.25, 0.3) is 0 Å². The number of primary amides is 1. The lowest BCUT2D eigenvalue weighted by atomic mass is 9.93. The highest BCUT2D eigenvalue weighted by molar-refractivity contribution is 8.45. The van der Waals surface area contributed by atoms with Gasteiger partial charge in [0.05, 0.1) is 21.2 Å². The molecule has 2 aliphatic carbocycles. The van der Waals surface area contributed by atoms with Crippen molar-refractivity contribution >= 4 is 45.4 Å². The Balaban J connectivity index is 1.83. The van der Waals surface area contributed by atoms with Gasteiger partial charge in [0.1, 0.15) is 23.3 Å². The van der Waals surface area contributed by atoms with Gasteiger partial charge in [-0.15, -0.1) is 0 Å². The molecule has 3 N–H and O–H groups in total. The molecule has 1 aromatic carbocycles. The van der Waals surface area contributed by atoms with Crippen LogP contribution in [-0.2, 0) is 21.6 Å². The Hall–Kier alpha value is -2.76. The van der Waals surface area contributed by atoms with E-state index >= 15 is 0 Å². The lowest BCUT2D eigenvalue weighted by Gasteiger charge is -2.40. The molecule has 2 aliphatic rings. The van der Waals surface area contributed by atoms with E-state index in [0.717, 1.165) is 17.5 Å². The Bertz CT molecular complexity index is 1310. The van der Waals surface area contributed by atoms with Crippen LogP contribution < -0.4 is 11.1 Å². The van der Waals surface area contributed by atoms with E-state index in [4.69, 9.17) is 33.7 Å². The first-order valence-electron chi connectivity index (χ1n) is 10.4. The summed E-state index contributed by atoms with van der Waals surface area (Å²) in [6.07, 6.45) is 1.53. The summed E-state index contributed by atoms with van der Waals surface area (Å²) in [4.78, 5) is 22.1. The number of alkyl carbamates (subject to hydrolysis) is 1. The van der Waals surface area contributed by atoms with Crippen LogP contribution in [0.4, 0.5) is 24.2 Å². The van der Waals surface area contributed by atoms with Crippen LogP contribution >= 0.6 is 33.4 Å². The molecule has 4 rings (SSSR count). The molecule has 0 bridgehead atoms. The number of carbonyl (C=O) groups excluding carboxylic acids is 2. The maximum absolute atomic E-state index is 13.3. The largest absolute Gasteiger partial charge is 0.443 e. The summed E-state index contributed by atoms with van der Waals surface area (Å²) < 4.78 is 72.7. The van der Waals surface area contributed by atoms with Crippen LogP contribution in [0, 0.1) is 17.2 Å². The van der Waals surface area contributed by atoms with E-state index in [9.17, 15) is 34.3 Å². The normalized spacial score (nSPS) is 18.5. The molecule has 16 heteroatoms. The number of nitrogens with two attached hydrogens (primary N) is 1. The lowest BCUT2D eigenvalue weighted by Crippen LogP contribution is -2.31. The molecule has 2 saturated carbocycles. The topological polar surface area (TPSA) is 123 Å². The van der Waals surface area contributed by atoms with Crippen LogP contribution in [0.15, 0.2) is 17.0 Å². The predicted molar refractivity (Wildman–Crippen MR) is 121 cm³/mol. The molecule has 1 aromatic heterocycles. The molecular formula is C20H18Cl2F5N5O3S. The van der Waals surface area contributed by atoms with Crippen molar-refractivity contribution in [3.63, 3.8) is 0 Å². The number of rotatable bonds is 8. The predicted octanol–water partition coefficient (Wildman–Crippen LogP) is 5.86. The Morgan fingerprint density at radius 1 is 1.22 bits per heavy atom. The average Bonchev–Trinajstić information content (AvgIpc) is 3.66. The smallest absolute Gasteiger partial charge is 0.407 e. The van der Waals surface area contributed by atoms with Crippen molar-refractivity contribution in [3.05, 3.63) is 39.1 Å². The van der Waals surface area contributed by atoms with Gasteiger partial charge in [0.2, 0.25) is 5.91 Å². The molecule has 0 atom stereocenters. The van der Waals surface area contributed by atoms with E-state index in [-0.39, 0.29) is 41.9 Å². The van der Waals surface area contributed by atoms with Crippen LogP contribution in [0.1, 0.15) is 42.6 Å². The molecule has 2 aromatic rings. The molecule has 1 heterocycles. The summed E-state index contributed by atoms with van der Waals surface area (Å²) in [5, 5.41) is 14.5. The van der Waals surface area contributed by atoms with E-state index in [1.54, 1.807) is 6.07 Å². The first-order valence-corrected chi connectivity index (χ1v) is 13.1. The van der Waals surface area contributed by atoms with Crippen LogP contribution in [0.5, 0.6) is 0 Å². The summed E-state index contributed by atoms with van der Waals surface area (Å²) in [5.74, 6) is -0.467. The molecule has 2 fully saturated rings. The van der Waals surface area contributed by atoms with Gasteiger partial charge in [-0.3, -0.25) is 4.79 Å². The second kappa shape index (κ2) is 7.87.